The number of hydrogen-bond acceptors (Lipinski definition) is 3. The maximum absolute atomic E-state index is 4.52. The van der Waals surface area contributed by atoms with Crippen molar-refractivity contribution < 1.29 is 0 Å². The Kier molecular flexibility index (Phi) is 3.37. The van der Waals surface area contributed by atoms with E-state index in [1.807, 2.05) is 48.5 Å². The first-order valence-electron chi connectivity index (χ1n) is 6.83. The van der Waals surface area contributed by atoms with Crippen LogP contribution in [0.2, 0.25) is 0 Å². The van der Waals surface area contributed by atoms with Crippen molar-refractivity contribution >= 4 is 16.6 Å². The fraction of sp³-hybridized carbons (Fsp3) is 0.250. The van der Waals surface area contributed by atoms with E-state index in [0.717, 1.165) is 24.3 Å². The summed E-state index contributed by atoms with van der Waals surface area (Å²) in [4.78, 5) is 6.81. The molecule has 0 atom stereocenters. The van der Waals surface area contributed by atoms with Crippen molar-refractivity contribution in [2.45, 2.75) is 13.5 Å². The minimum atomic E-state index is 0.847. The van der Waals surface area contributed by atoms with E-state index in [1.54, 1.807) is 0 Å². The third kappa shape index (κ3) is 2.50. The topological polar surface area (TPSA) is 34.0 Å². The summed E-state index contributed by atoms with van der Waals surface area (Å²) in [5.41, 5.74) is 3.40. The van der Waals surface area contributed by atoms with Crippen LogP contribution in [-0.4, -0.2) is 21.3 Å². The van der Waals surface area contributed by atoms with Crippen LogP contribution in [0, 0.1) is 0 Å². The van der Waals surface area contributed by atoms with Crippen molar-refractivity contribution in [1.29, 1.82) is 0 Å². The average Bonchev–Trinajstić information content (AvgIpc) is 2.91. The van der Waals surface area contributed by atoms with Crippen molar-refractivity contribution in [3.63, 3.8) is 0 Å². The number of rotatable bonds is 4. The van der Waals surface area contributed by atoms with Crippen LogP contribution >= 0.6 is 0 Å². The number of pyridine rings is 1. The molecule has 0 bridgehead atoms. The second-order valence-corrected chi connectivity index (χ2v) is 4.92. The van der Waals surface area contributed by atoms with Gasteiger partial charge in [-0.2, -0.15) is 5.10 Å². The lowest BCUT2D eigenvalue weighted by Crippen LogP contribution is -2.21. The first-order chi connectivity index (χ1) is 9.76. The van der Waals surface area contributed by atoms with Crippen molar-refractivity contribution in [3.8, 4) is 0 Å². The van der Waals surface area contributed by atoms with Gasteiger partial charge in [-0.05, 0) is 24.6 Å². The van der Waals surface area contributed by atoms with Crippen LogP contribution < -0.4 is 4.90 Å². The Morgan fingerprint density at radius 1 is 1.20 bits per heavy atom. The third-order valence-corrected chi connectivity index (χ3v) is 3.46. The summed E-state index contributed by atoms with van der Waals surface area (Å²) in [6, 6.07) is 10.4. The maximum atomic E-state index is 4.52. The Morgan fingerprint density at radius 3 is 2.80 bits per heavy atom. The Balaban J connectivity index is 1.87. The summed E-state index contributed by atoms with van der Waals surface area (Å²) < 4.78 is 1.83. The number of fused-ring (bicyclic) bond motifs is 1. The number of benzene rings is 1. The molecular formula is C16H18N4. The maximum Gasteiger partial charge on any atom is 0.0755 e. The SMILES string of the molecule is CCN(Cc1cnc2ccccc2c1)c1cnn(C)c1. The van der Waals surface area contributed by atoms with Crippen LogP contribution in [-0.2, 0) is 13.6 Å². The molecule has 20 heavy (non-hydrogen) atoms. The second-order valence-electron chi connectivity index (χ2n) is 4.92. The monoisotopic (exact) mass is 266 g/mol. The van der Waals surface area contributed by atoms with Gasteiger partial charge in [0.15, 0.2) is 0 Å². The molecule has 1 aromatic carbocycles. The van der Waals surface area contributed by atoms with E-state index < -0.39 is 0 Å². The molecule has 102 valence electrons. The van der Waals surface area contributed by atoms with Gasteiger partial charge in [0.2, 0.25) is 0 Å². The molecule has 2 heterocycles. The van der Waals surface area contributed by atoms with Gasteiger partial charge in [0.05, 0.1) is 17.4 Å². The molecule has 0 fully saturated rings. The highest BCUT2D eigenvalue weighted by molar-refractivity contribution is 5.78. The number of aryl methyl sites for hydroxylation is 1. The molecule has 0 aliphatic rings. The van der Waals surface area contributed by atoms with E-state index >= 15 is 0 Å². The predicted octanol–water partition coefficient (Wildman–Crippen LogP) is 2.99. The average molecular weight is 266 g/mol. The highest BCUT2D eigenvalue weighted by Gasteiger charge is 2.08. The van der Waals surface area contributed by atoms with Gasteiger partial charge in [-0.1, -0.05) is 18.2 Å². The van der Waals surface area contributed by atoms with Crippen molar-refractivity contribution in [1.82, 2.24) is 14.8 Å². The molecule has 0 saturated carbocycles. The Labute approximate surface area is 118 Å². The van der Waals surface area contributed by atoms with Crippen LogP contribution in [0.25, 0.3) is 10.9 Å². The van der Waals surface area contributed by atoms with Crippen molar-refractivity contribution in [2.24, 2.45) is 7.05 Å². The van der Waals surface area contributed by atoms with E-state index in [1.165, 1.54) is 10.9 Å². The van der Waals surface area contributed by atoms with Gasteiger partial charge < -0.3 is 4.90 Å². The molecule has 0 aliphatic heterocycles. The minimum absolute atomic E-state index is 0.847. The molecule has 4 heteroatoms. The molecule has 3 rings (SSSR count). The summed E-state index contributed by atoms with van der Waals surface area (Å²) in [5, 5.41) is 5.42. The Hall–Kier alpha value is -2.36. The summed E-state index contributed by atoms with van der Waals surface area (Å²) in [6.45, 7) is 3.94. The zero-order valence-electron chi connectivity index (χ0n) is 11.8. The van der Waals surface area contributed by atoms with E-state index in [4.69, 9.17) is 0 Å². The number of aromatic nitrogens is 3. The summed E-state index contributed by atoms with van der Waals surface area (Å²) in [5.74, 6) is 0. The molecule has 0 radical (unpaired) electrons. The number of hydrogen-bond donors (Lipinski definition) is 0. The molecule has 0 N–H and O–H groups in total. The lowest BCUT2D eigenvalue weighted by atomic mass is 10.1. The lowest BCUT2D eigenvalue weighted by Gasteiger charge is -2.21. The van der Waals surface area contributed by atoms with Gasteiger partial charge in [-0.25, -0.2) is 0 Å². The van der Waals surface area contributed by atoms with Gasteiger partial charge in [-0.15, -0.1) is 0 Å². The van der Waals surface area contributed by atoms with Crippen molar-refractivity contribution in [3.05, 3.63) is 54.5 Å². The highest BCUT2D eigenvalue weighted by atomic mass is 15.3. The fourth-order valence-corrected chi connectivity index (χ4v) is 2.38. The van der Waals surface area contributed by atoms with E-state index in [2.05, 4.69) is 34.0 Å². The summed E-state index contributed by atoms with van der Waals surface area (Å²) in [6.07, 6.45) is 5.90. The Morgan fingerprint density at radius 2 is 2.05 bits per heavy atom. The van der Waals surface area contributed by atoms with E-state index in [0.29, 0.717) is 0 Å². The molecule has 0 saturated heterocycles. The number of para-hydroxylation sites is 1. The second kappa shape index (κ2) is 5.33. The molecule has 0 unspecified atom stereocenters. The number of anilines is 1. The molecular weight excluding hydrogens is 248 g/mol. The molecule has 4 nitrogen and oxygen atoms in total. The number of nitrogens with zero attached hydrogens (tertiary/aromatic N) is 4. The first-order valence-corrected chi connectivity index (χ1v) is 6.83. The largest absolute Gasteiger partial charge is 0.365 e. The van der Waals surface area contributed by atoms with Crippen LogP contribution in [0.15, 0.2) is 48.9 Å². The van der Waals surface area contributed by atoms with Gasteiger partial charge >= 0.3 is 0 Å². The molecule has 0 amide bonds. The zero-order valence-corrected chi connectivity index (χ0v) is 11.8. The minimum Gasteiger partial charge on any atom is -0.365 e. The normalized spacial score (nSPS) is 10.9. The molecule has 3 aromatic rings. The van der Waals surface area contributed by atoms with Crippen molar-refractivity contribution in [2.75, 3.05) is 11.4 Å². The zero-order chi connectivity index (χ0) is 13.9. The van der Waals surface area contributed by atoms with Crippen LogP contribution in [0.1, 0.15) is 12.5 Å². The first kappa shape index (κ1) is 12.7. The lowest BCUT2D eigenvalue weighted by molar-refractivity contribution is 0.766. The van der Waals surface area contributed by atoms with Gasteiger partial charge in [-0.3, -0.25) is 9.67 Å². The fourth-order valence-electron chi connectivity index (χ4n) is 2.38. The van der Waals surface area contributed by atoms with E-state index in [9.17, 15) is 0 Å². The van der Waals surface area contributed by atoms with Gasteiger partial charge in [0.25, 0.3) is 0 Å². The third-order valence-electron chi connectivity index (χ3n) is 3.46. The molecule has 2 aromatic heterocycles. The molecule has 0 spiro atoms. The standard InChI is InChI=1S/C16H18N4/c1-3-20(15-10-18-19(2)12-15)11-13-8-14-6-4-5-7-16(14)17-9-13/h4-10,12H,3,11H2,1-2H3. The summed E-state index contributed by atoms with van der Waals surface area (Å²) in [7, 11) is 1.94. The summed E-state index contributed by atoms with van der Waals surface area (Å²) >= 11 is 0. The highest BCUT2D eigenvalue weighted by Crippen LogP contribution is 2.18. The predicted molar refractivity (Wildman–Crippen MR) is 81.7 cm³/mol. The van der Waals surface area contributed by atoms with Crippen LogP contribution in [0.3, 0.4) is 0 Å². The van der Waals surface area contributed by atoms with Gasteiger partial charge in [0.1, 0.15) is 0 Å². The quantitative estimate of drug-likeness (QED) is 0.728. The smallest absolute Gasteiger partial charge is 0.0755 e. The van der Waals surface area contributed by atoms with Crippen LogP contribution in [0.5, 0.6) is 0 Å². The van der Waals surface area contributed by atoms with Crippen LogP contribution in [0.4, 0.5) is 5.69 Å². The molecule has 0 aliphatic carbocycles. The Bertz CT molecular complexity index is 717. The van der Waals surface area contributed by atoms with Gasteiger partial charge in [0, 0.05) is 37.9 Å². The van der Waals surface area contributed by atoms with E-state index in [-0.39, 0.29) is 0 Å².